The number of hydrogen-bond acceptors (Lipinski definition) is 2. The maximum absolute atomic E-state index is 12.9. The maximum Gasteiger partial charge on any atom is 0.434 e. The average Bonchev–Trinajstić information content (AvgIpc) is 2.99. The molecule has 0 N–H and O–H groups in total. The predicted molar refractivity (Wildman–Crippen MR) is 79.3 cm³/mol. The lowest BCUT2D eigenvalue weighted by Gasteiger charge is -2.09. The van der Waals surface area contributed by atoms with Crippen molar-refractivity contribution in [3.8, 4) is 11.4 Å². The predicted octanol–water partition coefficient (Wildman–Crippen LogP) is 4.47. The molecule has 23 heavy (non-hydrogen) atoms. The molecule has 3 rings (SSSR count). The van der Waals surface area contributed by atoms with Gasteiger partial charge in [0.1, 0.15) is 12.4 Å². The number of nitrogens with zero attached hydrogens (tertiary/aromatic N) is 2. The molecule has 1 aromatic heterocycles. The van der Waals surface area contributed by atoms with Crippen LogP contribution in [-0.2, 0) is 12.8 Å². The molecule has 1 heterocycles. The third kappa shape index (κ3) is 3.53. The SMILES string of the molecule is FC(F)(F)c1cn(-c2ccccc2)c(COc2ccccc2)n1. The summed E-state index contributed by atoms with van der Waals surface area (Å²) in [5.74, 6) is 0.760. The minimum atomic E-state index is -4.50. The molecule has 0 amide bonds. The highest BCUT2D eigenvalue weighted by Gasteiger charge is 2.35. The molecular weight excluding hydrogens is 305 g/mol. The first-order chi connectivity index (χ1) is 11.0. The Bertz CT molecular complexity index is 768. The van der Waals surface area contributed by atoms with Crippen LogP contribution in [0.1, 0.15) is 11.5 Å². The van der Waals surface area contributed by atoms with Crippen LogP contribution in [0, 0.1) is 0 Å². The van der Waals surface area contributed by atoms with Gasteiger partial charge < -0.3 is 9.30 Å². The number of rotatable bonds is 4. The van der Waals surface area contributed by atoms with Gasteiger partial charge >= 0.3 is 6.18 Å². The Hall–Kier alpha value is -2.76. The normalized spacial score (nSPS) is 11.4. The standard InChI is InChI=1S/C17H13F3N2O/c18-17(19,20)15-11-22(13-7-3-1-4-8-13)16(21-15)12-23-14-9-5-2-6-10-14/h1-11H,12H2. The van der Waals surface area contributed by atoms with Gasteiger partial charge in [-0.25, -0.2) is 4.98 Å². The molecule has 0 aliphatic carbocycles. The van der Waals surface area contributed by atoms with Crippen LogP contribution < -0.4 is 4.74 Å². The highest BCUT2D eigenvalue weighted by atomic mass is 19.4. The Balaban J connectivity index is 1.92. The van der Waals surface area contributed by atoms with E-state index in [1.807, 2.05) is 6.07 Å². The van der Waals surface area contributed by atoms with Crippen LogP contribution in [0.2, 0.25) is 0 Å². The van der Waals surface area contributed by atoms with Crippen molar-refractivity contribution in [1.29, 1.82) is 0 Å². The van der Waals surface area contributed by atoms with Crippen LogP contribution in [0.25, 0.3) is 5.69 Å². The van der Waals surface area contributed by atoms with Crippen LogP contribution in [0.5, 0.6) is 5.75 Å². The zero-order valence-electron chi connectivity index (χ0n) is 12.0. The lowest BCUT2D eigenvalue weighted by Crippen LogP contribution is -2.06. The van der Waals surface area contributed by atoms with Gasteiger partial charge in [-0.2, -0.15) is 13.2 Å². The van der Waals surface area contributed by atoms with E-state index in [1.165, 1.54) is 4.57 Å². The van der Waals surface area contributed by atoms with Crippen molar-refractivity contribution in [3.05, 3.63) is 78.4 Å². The molecule has 0 saturated carbocycles. The van der Waals surface area contributed by atoms with Gasteiger partial charge in [0.15, 0.2) is 11.5 Å². The fraction of sp³-hybridized carbons (Fsp3) is 0.118. The third-order valence-corrected chi connectivity index (χ3v) is 3.21. The highest BCUT2D eigenvalue weighted by Crippen LogP contribution is 2.29. The van der Waals surface area contributed by atoms with Crippen LogP contribution in [-0.4, -0.2) is 9.55 Å². The number of ether oxygens (including phenoxy) is 1. The molecule has 0 unspecified atom stereocenters. The summed E-state index contributed by atoms with van der Waals surface area (Å²) in [7, 11) is 0. The van der Waals surface area contributed by atoms with Gasteiger partial charge in [0.05, 0.1) is 0 Å². The van der Waals surface area contributed by atoms with Gasteiger partial charge in [-0.1, -0.05) is 36.4 Å². The molecule has 0 radical (unpaired) electrons. The summed E-state index contributed by atoms with van der Waals surface area (Å²) in [5.41, 5.74) is -0.338. The Kier molecular flexibility index (Phi) is 4.06. The van der Waals surface area contributed by atoms with E-state index in [0.29, 0.717) is 11.4 Å². The average molecular weight is 318 g/mol. The summed E-state index contributed by atoms with van der Waals surface area (Å²) in [6, 6.07) is 17.6. The Morgan fingerprint density at radius 2 is 1.52 bits per heavy atom. The number of aromatic nitrogens is 2. The van der Waals surface area contributed by atoms with E-state index in [9.17, 15) is 13.2 Å². The van der Waals surface area contributed by atoms with Crippen LogP contribution >= 0.6 is 0 Å². The van der Waals surface area contributed by atoms with Gasteiger partial charge in [0.2, 0.25) is 0 Å². The molecule has 0 bridgehead atoms. The summed E-state index contributed by atoms with van der Waals surface area (Å²) in [5, 5.41) is 0. The maximum atomic E-state index is 12.9. The number of imidazole rings is 1. The molecule has 0 spiro atoms. The molecule has 0 atom stereocenters. The third-order valence-electron chi connectivity index (χ3n) is 3.21. The minimum Gasteiger partial charge on any atom is -0.486 e. The molecule has 6 heteroatoms. The van der Waals surface area contributed by atoms with E-state index in [4.69, 9.17) is 4.74 Å². The van der Waals surface area contributed by atoms with E-state index < -0.39 is 11.9 Å². The van der Waals surface area contributed by atoms with Gasteiger partial charge in [-0.05, 0) is 24.3 Å². The lowest BCUT2D eigenvalue weighted by atomic mass is 10.3. The van der Waals surface area contributed by atoms with Crippen molar-refractivity contribution in [3.63, 3.8) is 0 Å². The fourth-order valence-electron chi connectivity index (χ4n) is 2.13. The van der Waals surface area contributed by atoms with E-state index in [2.05, 4.69) is 4.98 Å². The topological polar surface area (TPSA) is 27.1 Å². The quantitative estimate of drug-likeness (QED) is 0.709. The molecule has 3 aromatic rings. The molecule has 0 aliphatic heterocycles. The van der Waals surface area contributed by atoms with Crippen molar-refractivity contribution in [2.45, 2.75) is 12.8 Å². The van der Waals surface area contributed by atoms with Crippen LogP contribution in [0.4, 0.5) is 13.2 Å². The molecule has 3 nitrogen and oxygen atoms in total. The van der Waals surface area contributed by atoms with Crippen molar-refractivity contribution in [2.75, 3.05) is 0 Å². The van der Waals surface area contributed by atoms with Gasteiger partial charge in [0, 0.05) is 11.9 Å². The Morgan fingerprint density at radius 1 is 0.913 bits per heavy atom. The number of benzene rings is 2. The Labute approximate surface area is 131 Å². The number of para-hydroxylation sites is 2. The summed E-state index contributed by atoms with van der Waals surface area (Å²) < 4.78 is 45.8. The largest absolute Gasteiger partial charge is 0.486 e. The lowest BCUT2D eigenvalue weighted by molar-refractivity contribution is -0.141. The summed E-state index contributed by atoms with van der Waals surface area (Å²) in [4.78, 5) is 3.69. The second-order valence-corrected chi connectivity index (χ2v) is 4.85. The van der Waals surface area contributed by atoms with Crippen LogP contribution in [0.15, 0.2) is 66.9 Å². The molecule has 0 saturated heterocycles. The van der Waals surface area contributed by atoms with Crippen LogP contribution in [0.3, 0.4) is 0 Å². The number of alkyl halides is 3. The van der Waals surface area contributed by atoms with Gasteiger partial charge in [0.25, 0.3) is 0 Å². The number of halogens is 3. The summed E-state index contributed by atoms with van der Waals surface area (Å²) in [6.45, 7) is -0.0605. The summed E-state index contributed by atoms with van der Waals surface area (Å²) >= 11 is 0. The minimum absolute atomic E-state index is 0.0605. The monoisotopic (exact) mass is 318 g/mol. The zero-order valence-corrected chi connectivity index (χ0v) is 12.0. The first-order valence-corrected chi connectivity index (χ1v) is 6.93. The number of hydrogen-bond donors (Lipinski definition) is 0. The van der Waals surface area contributed by atoms with Crippen molar-refractivity contribution < 1.29 is 17.9 Å². The Morgan fingerprint density at radius 3 is 2.13 bits per heavy atom. The molecular formula is C17H13F3N2O. The summed E-state index contributed by atoms with van der Waals surface area (Å²) in [6.07, 6.45) is -3.51. The zero-order chi connectivity index (χ0) is 16.3. The smallest absolute Gasteiger partial charge is 0.434 e. The fourth-order valence-corrected chi connectivity index (χ4v) is 2.13. The molecule has 2 aromatic carbocycles. The first-order valence-electron chi connectivity index (χ1n) is 6.93. The van der Waals surface area contributed by atoms with Crippen molar-refractivity contribution >= 4 is 0 Å². The van der Waals surface area contributed by atoms with Crippen molar-refractivity contribution in [2.24, 2.45) is 0 Å². The first kappa shape index (κ1) is 15.1. The van der Waals surface area contributed by atoms with E-state index in [0.717, 1.165) is 6.20 Å². The van der Waals surface area contributed by atoms with Gasteiger partial charge in [-0.15, -0.1) is 0 Å². The highest BCUT2D eigenvalue weighted by molar-refractivity contribution is 5.34. The molecule has 0 aliphatic rings. The van der Waals surface area contributed by atoms with E-state index in [1.54, 1.807) is 54.6 Å². The second kappa shape index (κ2) is 6.16. The second-order valence-electron chi connectivity index (χ2n) is 4.85. The van der Waals surface area contributed by atoms with Crippen molar-refractivity contribution in [1.82, 2.24) is 9.55 Å². The van der Waals surface area contributed by atoms with Gasteiger partial charge in [-0.3, -0.25) is 0 Å². The van der Waals surface area contributed by atoms with E-state index >= 15 is 0 Å². The van der Waals surface area contributed by atoms with E-state index in [-0.39, 0.29) is 12.4 Å². The molecule has 0 fully saturated rings. The molecule has 118 valence electrons.